The molecule has 0 radical (unpaired) electrons. The standard InChI is InChI=1S/C45H53ClN10O9/c1-47-36(58)25-65-34-22-27-21-28(23-33(64-3)38(27)54(2)43(34)62)51-39-30(46)24-50-45(53-39)55-19-15-26(16-20-55)40(59)49-18-9-7-5-4-6-8-17-48-31-12-10-11-29-37(31)44(63)56(42(29)61)32-13-14-35(57)52-41(32)60/h10-12,21-24,26,32,48H,4-9,13-20,25H2,1-3H3,(H,47,58)(H,49,59)(H,50,51,53)(H,52,57,60). The van der Waals surface area contributed by atoms with Crippen molar-refractivity contribution in [2.24, 2.45) is 13.0 Å². The fourth-order valence-electron chi connectivity index (χ4n) is 8.39. The number of methoxy groups -OCH3 is 1. The number of nitrogens with zero attached hydrogens (tertiary/aromatic N) is 5. The van der Waals surface area contributed by atoms with Gasteiger partial charge in [-0.2, -0.15) is 4.98 Å². The first kappa shape index (κ1) is 46.2. The van der Waals surface area contributed by atoms with Crippen LogP contribution in [0.2, 0.25) is 5.02 Å². The van der Waals surface area contributed by atoms with E-state index in [0.29, 0.717) is 83.8 Å². The molecular formula is C45H53ClN10O9. The zero-order chi connectivity index (χ0) is 46.2. The smallest absolute Gasteiger partial charge is 0.293 e. The number of hydrogen-bond donors (Lipinski definition) is 5. The predicted octanol–water partition coefficient (Wildman–Crippen LogP) is 4.05. The van der Waals surface area contributed by atoms with Gasteiger partial charge >= 0.3 is 0 Å². The minimum Gasteiger partial charge on any atom is -0.494 e. The quantitative estimate of drug-likeness (QED) is 0.0660. The van der Waals surface area contributed by atoms with E-state index in [2.05, 4.69) is 31.6 Å². The summed E-state index contributed by atoms with van der Waals surface area (Å²) >= 11 is 6.55. The van der Waals surface area contributed by atoms with Crippen LogP contribution in [0, 0.1) is 5.92 Å². The number of piperidine rings is 2. The molecule has 5 N–H and O–H groups in total. The SMILES string of the molecule is CNC(=O)COc1cc2cc(Nc3nc(N4CCC(C(=O)NCCCCCCCCNc5cccc6c5C(=O)N(C5CCC(=O)NC5=O)C6=O)CC4)ncc3Cl)cc(OC)c2n(C)c1=O. The molecule has 1 unspecified atom stereocenters. The number of fused-ring (bicyclic) bond motifs is 2. The van der Waals surface area contributed by atoms with Gasteiger partial charge in [0.05, 0.1) is 30.0 Å². The van der Waals surface area contributed by atoms with Crippen molar-refractivity contribution in [3.8, 4) is 11.5 Å². The molecular weight excluding hydrogens is 860 g/mol. The first-order valence-electron chi connectivity index (χ1n) is 21.8. The molecule has 7 rings (SSSR count). The second-order valence-electron chi connectivity index (χ2n) is 16.2. The Balaban J connectivity index is 0.811. The van der Waals surface area contributed by atoms with Gasteiger partial charge < -0.3 is 40.2 Å². The molecule has 3 aliphatic heterocycles. The Morgan fingerprint density at radius 1 is 0.923 bits per heavy atom. The number of anilines is 4. The molecule has 6 amide bonds. The van der Waals surface area contributed by atoms with Crippen LogP contribution in [0.3, 0.4) is 0 Å². The van der Waals surface area contributed by atoms with Crippen LogP contribution in [0.25, 0.3) is 10.9 Å². The number of nitrogens with one attached hydrogen (secondary N) is 5. The molecule has 0 aliphatic carbocycles. The van der Waals surface area contributed by atoms with Gasteiger partial charge in [-0.15, -0.1) is 0 Å². The van der Waals surface area contributed by atoms with E-state index < -0.39 is 35.2 Å². The topological polar surface area (TPSA) is 235 Å². The van der Waals surface area contributed by atoms with Crippen LogP contribution < -0.4 is 46.5 Å². The highest BCUT2D eigenvalue weighted by atomic mass is 35.5. The van der Waals surface area contributed by atoms with Crippen LogP contribution in [-0.4, -0.2) is 108 Å². The summed E-state index contributed by atoms with van der Waals surface area (Å²) in [5.74, 6) is -1.27. The molecule has 1 atom stereocenters. The average molecular weight is 913 g/mol. The number of amides is 6. The first-order chi connectivity index (χ1) is 31.4. The van der Waals surface area contributed by atoms with Crippen molar-refractivity contribution in [3.63, 3.8) is 0 Å². The van der Waals surface area contributed by atoms with E-state index in [1.54, 1.807) is 43.4 Å². The first-order valence-corrected chi connectivity index (χ1v) is 22.2. The van der Waals surface area contributed by atoms with Gasteiger partial charge in [0.2, 0.25) is 23.7 Å². The van der Waals surface area contributed by atoms with E-state index in [1.165, 1.54) is 24.9 Å². The van der Waals surface area contributed by atoms with Gasteiger partial charge in [0.15, 0.2) is 18.2 Å². The van der Waals surface area contributed by atoms with Crippen molar-refractivity contribution in [2.75, 3.05) is 62.5 Å². The number of rotatable bonds is 19. The van der Waals surface area contributed by atoms with Gasteiger partial charge in [-0.05, 0) is 56.4 Å². The van der Waals surface area contributed by atoms with Gasteiger partial charge in [-0.1, -0.05) is 43.4 Å². The van der Waals surface area contributed by atoms with E-state index >= 15 is 0 Å². The van der Waals surface area contributed by atoms with Crippen LogP contribution in [0.15, 0.2) is 47.4 Å². The molecule has 2 aromatic carbocycles. The van der Waals surface area contributed by atoms with E-state index in [-0.39, 0.29) is 54.1 Å². The summed E-state index contributed by atoms with van der Waals surface area (Å²) in [6.07, 6.45) is 8.72. The number of carbonyl (C=O) groups is 6. The van der Waals surface area contributed by atoms with E-state index in [1.807, 2.05) is 4.90 Å². The fraction of sp³-hybridized carbons (Fsp3) is 0.444. The van der Waals surface area contributed by atoms with E-state index in [9.17, 15) is 33.6 Å². The summed E-state index contributed by atoms with van der Waals surface area (Å²) in [5, 5.41) is 15.2. The summed E-state index contributed by atoms with van der Waals surface area (Å²) < 4.78 is 12.6. The lowest BCUT2D eigenvalue weighted by Crippen LogP contribution is -2.54. The average Bonchev–Trinajstić information content (AvgIpc) is 3.56. The number of unbranched alkanes of at least 4 members (excludes halogenated alkanes) is 5. The largest absolute Gasteiger partial charge is 0.494 e. The Labute approximate surface area is 379 Å². The van der Waals surface area contributed by atoms with Crippen molar-refractivity contribution < 1.29 is 38.2 Å². The summed E-state index contributed by atoms with van der Waals surface area (Å²) in [6.45, 7) is 2.09. The number of halogens is 1. The second-order valence-corrected chi connectivity index (χ2v) is 16.6. The normalized spacial score (nSPS) is 16.3. The molecule has 2 fully saturated rings. The number of imide groups is 2. The maximum Gasteiger partial charge on any atom is 0.293 e. The molecule has 0 bridgehead atoms. The maximum absolute atomic E-state index is 13.3. The lowest BCUT2D eigenvalue weighted by molar-refractivity contribution is -0.136. The predicted molar refractivity (Wildman–Crippen MR) is 243 cm³/mol. The Morgan fingerprint density at radius 3 is 2.38 bits per heavy atom. The number of pyridine rings is 1. The fourth-order valence-corrected chi connectivity index (χ4v) is 8.53. The minimum atomic E-state index is -1.00. The summed E-state index contributed by atoms with van der Waals surface area (Å²) in [7, 11) is 4.58. The molecule has 344 valence electrons. The molecule has 2 saturated heterocycles. The van der Waals surface area contributed by atoms with Gasteiger partial charge in [-0.25, -0.2) is 4.98 Å². The highest BCUT2D eigenvalue weighted by Crippen LogP contribution is 2.35. The monoisotopic (exact) mass is 912 g/mol. The Morgan fingerprint density at radius 2 is 1.66 bits per heavy atom. The van der Waals surface area contributed by atoms with Crippen LogP contribution >= 0.6 is 11.6 Å². The number of hydrogen-bond acceptors (Lipinski definition) is 14. The molecule has 0 spiro atoms. The van der Waals surface area contributed by atoms with Crippen molar-refractivity contribution in [1.29, 1.82) is 0 Å². The number of ether oxygens (including phenoxy) is 2. The van der Waals surface area contributed by atoms with Gasteiger partial charge in [-0.3, -0.25) is 43.8 Å². The van der Waals surface area contributed by atoms with Crippen molar-refractivity contribution in [2.45, 2.75) is 70.3 Å². The Hall–Kier alpha value is -6.76. The zero-order valence-corrected chi connectivity index (χ0v) is 37.3. The second kappa shape index (κ2) is 20.8. The van der Waals surface area contributed by atoms with Crippen LogP contribution in [0.1, 0.15) is 84.9 Å². The lowest BCUT2D eigenvalue weighted by Gasteiger charge is -2.31. The highest BCUT2D eigenvalue weighted by Gasteiger charge is 2.45. The van der Waals surface area contributed by atoms with Crippen molar-refractivity contribution in [1.82, 2.24) is 35.4 Å². The minimum absolute atomic E-state index is 0.0107. The molecule has 2 aromatic heterocycles. The molecule has 20 heteroatoms. The van der Waals surface area contributed by atoms with Gasteiger partial charge in [0.1, 0.15) is 16.8 Å². The maximum atomic E-state index is 13.3. The molecule has 0 saturated carbocycles. The van der Waals surface area contributed by atoms with Gasteiger partial charge in [0, 0.05) is 75.4 Å². The lowest BCUT2D eigenvalue weighted by atomic mass is 9.96. The Bertz CT molecular complexity index is 2560. The highest BCUT2D eigenvalue weighted by molar-refractivity contribution is 6.33. The van der Waals surface area contributed by atoms with Crippen LogP contribution in [0.4, 0.5) is 23.1 Å². The summed E-state index contributed by atoms with van der Waals surface area (Å²) in [5.41, 5.74) is 1.76. The number of benzene rings is 2. The molecule has 65 heavy (non-hydrogen) atoms. The van der Waals surface area contributed by atoms with Crippen LogP contribution in [0.5, 0.6) is 11.5 Å². The third-order valence-electron chi connectivity index (χ3n) is 11.9. The van der Waals surface area contributed by atoms with E-state index in [4.69, 9.17) is 26.1 Å². The van der Waals surface area contributed by atoms with Gasteiger partial charge in [0.25, 0.3) is 23.3 Å². The number of aromatic nitrogens is 3. The third kappa shape index (κ3) is 10.5. The summed E-state index contributed by atoms with van der Waals surface area (Å²) in [4.78, 5) is 100. The van der Waals surface area contributed by atoms with E-state index in [0.717, 1.165) is 43.4 Å². The molecule has 4 aromatic rings. The molecule has 5 heterocycles. The van der Waals surface area contributed by atoms with Crippen molar-refractivity contribution in [3.05, 3.63) is 69.1 Å². The van der Waals surface area contributed by atoms with Crippen molar-refractivity contribution >= 4 is 81.1 Å². The Kier molecular flexibility index (Phi) is 14.8. The number of carbonyl (C=O) groups excluding carboxylic acids is 6. The molecule has 19 nitrogen and oxygen atoms in total. The van der Waals surface area contributed by atoms with Crippen LogP contribution in [-0.2, 0) is 26.2 Å². The number of aryl methyl sites for hydroxylation is 1. The number of likely N-dealkylation sites (N-methyl/N-ethyl adjacent to an activating group) is 1. The molecule has 3 aliphatic rings. The summed E-state index contributed by atoms with van der Waals surface area (Å²) in [6, 6.07) is 9.13. The third-order valence-corrected chi connectivity index (χ3v) is 12.2. The zero-order valence-electron chi connectivity index (χ0n) is 36.6.